The molecule has 0 radical (unpaired) electrons. The van der Waals surface area contributed by atoms with Gasteiger partial charge in [0.1, 0.15) is 11.5 Å². The van der Waals surface area contributed by atoms with E-state index < -0.39 is 22.3 Å². The molecule has 0 fully saturated rings. The van der Waals surface area contributed by atoms with Crippen LogP contribution in [-0.4, -0.2) is 31.2 Å². The van der Waals surface area contributed by atoms with Gasteiger partial charge in [-0.3, -0.25) is 19.3 Å². The molecule has 122 valence electrons. The number of nitro benzene ring substituents is 1. The van der Waals surface area contributed by atoms with E-state index in [1.54, 1.807) is 16.7 Å². The van der Waals surface area contributed by atoms with Crippen LogP contribution in [0, 0.1) is 15.9 Å². The number of nitrogens with one attached hydrogen (secondary N) is 1. The summed E-state index contributed by atoms with van der Waals surface area (Å²) in [5.41, 5.74) is 0.0916. The maximum Gasteiger partial charge on any atom is 0.295 e. The third-order valence-electron chi connectivity index (χ3n) is 3.05. The topological polar surface area (TPSA) is 102 Å². The van der Waals surface area contributed by atoms with Crippen LogP contribution in [0.2, 0.25) is 0 Å². The number of nitrogens with zero attached hydrogens (tertiary/aromatic N) is 4. The van der Waals surface area contributed by atoms with E-state index in [0.717, 1.165) is 30.0 Å². The van der Waals surface area contributed by atoms with Gasteiger partial charge >= 0.3 is 0 Å². The predicted octanol–water partition coefficient (Wildman–Crippen LogP) is 2.51. The van der Waals surface area contributed by atoms with Crippen LogP contribution in [0.3, 0.4) is 0 Å². The molecule has 1 aromatic carbocycles. The van der Waals surface area contributed by atoms with Gasteiger partial charge in [0.25, 0.3) is 5.69 Å². The van der Waals surface area contributed by atoms with Crippen molar-refractivity contribution in [3.05, 3.63) is 58.5 Å². The van der Waals surface area contributed by atoms with E-state index in [4.69, 9.17) is 0 Å². The van der Waals surface area contributed by atoms with Gasteiger partial charge in [0.05, 0.1) is 16.7 Å². The minimum Gasteiger partial charge on any atom is -0.320 e. The molecule has 3 rings (SSSR count). The van der Waals surface area contributed by atoms with Crippen LogP contribution in [0.5, 0.6) is 0 Å². The Hall–Kier alpha value is -3.01. The second kappa shape index (κ2) is 6.62. The van der Waals surface area contributed by atoms with Crippen molar-refractivity contribution in [3.8, 4) is 0 Å². The number of fused-ring (bicyclic) bond motifs is 1. The van der Waals surface area contributed by atoms with E-state index in [1.807, 2.05) is 12.1 Å². The molecule has 10 heteroatoms. The number of pyridine rings is 1. The Morgan fingerprint density at radius 1 is 1.33 bits per heavy atom. The Bertz CT molecular complexity index is 930. The smallest absolute Gasteiger partial charge is 0.295 e. The zero-order valence-corrected chi connectivity index (χ0v) is 12.9. The van der Waals surface area contributed by atoms with E-state index >= 15 is 0 Å². The first kappa shape index (κ1) is 15.9. The highest BCUT2D eigenvalue weighted by molar-refractivity contribution is 7.99. The number of amides is 1. The van der Waals surface area contributed by atoms with Crippen LogP contribution in [0.1, 0.15) is 0 Å². The molecule has 8 nitrogen and oxygen atoms in total. The average molecular weight is 347 g/mol. The molecule has 0 atom stereocenters. The van der Waals surface area contributed by atoms with Gasteiger partial charge < -0.3 is 5.32 Å². The number of aromatic nitrogens is 3. The lowest BCUT2D eigenvalue weighted by atomic mass is 10.2. The molecule has 0 unspecified atom stereocenters. The molecule has 2 aromatic heterocycles. The number of thioether (sulfide) groups is 1. The van der Waals surface area contributed by atoms with Gasteiger partial charge in [-0.1, -0.05) is 17.8 Å². The molecule has 0 aliphatic heterocycles. The van der Waals surface area contributed by atoms with Crippen LogP contribution >= 0.6 is 11.8 Å². The fraction of sp³-hybridized carbons (Fsp3) is 0.0714. The summed E-state index contributed by atoms with van der Waals surface area (Å²) < 4.78 is 14.8. The molecule has 0 aliphatic carbocycles. The van der Waals surface area contributed by atoms with Crippen LogP contribution < -0.4 is 5.32 Å². The summed E-state index contributed by atoms with van der Waals surface area (Å²) in [6.45, 7) is 0. The summed E-state index contributed by atoms with van der Waals surface area (Å²) in [7, 11) is 0. The van der Waals surface area contributed by atoms with Crippen molar-refractivity contribution in [2.24, 2.45) is 0 Å². The normalized spacial score (nSPS) is 10.7. The minimum absolute atomic E-state index is 0.0236. The molecule has 24 heavy (non-hydrogen) atoms. The second-order valence-electron chi connectivity index (χ2n) is 4.67. The van der Waals surface area contributed by atoms with Crippen molar-refractivity contribution in [2.45, 2.75) is 5.16 Å². The van der Waals surface area contributed by atoms with Gasteiger partial charge in [0.2, 0.25) is 5.91 Å². The summed E-state index contributed by atoms with van der Waals surface area (Å²) in [5, 5.41) is 21.8. The molecule has 2 heterocycles. The highest BCUT2D eigenvalue weighted by atomic mass is 32.2. The summed E-state index contributed by atoms with van der Waals surface area (Å²) in [5.74, 6) is -1.24. The fourth-order valence-electron chi connectivity index (χ4n) is 2.00. The third kappa shape index (κ3) is 3.33. The Labute approximate surface area is 138 Å². The van der Waals surface area contributed by atoms with Crippen molar-refractivity contribution < 1.29 is 14.1 Å². The van der Waals surface area contributed by atoms with Gasteiger partial charge in [-0.15, -0.1) is 10.2 Å². The van der Waals surface area contributed by atoms with Crippen LogP contribution in [0.25, 0.3) is 5.65 Å². The number of rotatable bonds is 5. The highest BCUT2D eigenvalue weighted by Crippen LogP contribution is 2.25. The maximum absolute atomic E-state index is 13.1. The predicted molar refractivity (Wildman–Crippen MR) is 85.4 cm³/mol. The van der Waals surface area contributed by atoms with E-state index in [9.17, 15) is 19.3 Å². The number of benzene rings is 1. The SMILES string of the molecule is O=C(CSc1nnc2ccccn12)Nc1ccc(F)cc1[N+](=O)[O-]. The Balaban J connectivity index is 1.69. The quantitative estimate of drug-likeness (QED) is 0.432. The lowest BCUT2D eigenvalue weighted by molar-refractivity contribution is -0.384. The van der Waals surface area contributed by atoms with Crippen molar-refractivity contribution >= 4 is 34.7 Å². The molecule has 0 bridgehead atoms. The largest absolute Gasteiger partial charge is 0.320 e. The third-order valence-corrected chi connectivity index (χ3v) is 3.99. The van der Waals surface area contributed by atoms with Crippen molar-refractivity contribution in [2.75, 3.05) is 11.1 Å². The first-order chi connectivity index (χ1) is 11.5. The van der Waals surface area contributed by atoms with Gasteiger partial charge in [-0.05, 0) is 24.3 Å². The summed E-state index contributed by atoms with van der Waals surface area (Å²) >= 11 is 1.13. The number of anilines is 1. The molecule has 3 aromatic rings. The zero-order chi connectivity index (χ0) is 17.1. The van der Waals surface area contributed by atoms with E-state index in [0.29, 0.717) is 10.8 Å². The van der Waals surface area contributed by atoms with Gasteiger partial charge in [-0.2, -0.15) is 0 Å². The maximum atomic E-state index is 13.1. The van der Waals surface area contributed by atoms with E-state index in [1.165, 1.54) is 0 Å². The molecule has 0 spiro atoms. The summed E-state index contributed by atoms with van der Waals surface area (Å²) in [6.07, 6.45) is 1.76. The fourth-order valence-corrected chi connectivity index (χ4v) is 2.72. The second-order valence-corrected chi connectivity index (χ2v) is 5.61. The molecular formula is C14H10FN5O3S. The number of carbonyl (C=O) groups excluding carboxylic acids is 1. The van der Waals surface area contributed by atoms with Crippen LogP contribution in [-0.2, 0) is 4.79 Å². The molecule has 0 saturated heterocycles. The first-order valence-electron chi connectivity index (χ1n) is 6.71. The minimum atomic E-state index is -0.752. The summed E-state index contributed by atoms with van der Waals surface area (Å²) in [6, 6.07) is 8.36. The average Bonchev–Trinajstić information content (AvgIpc) is 2.97. The van der Waals surface area contributed by atoms with Crippen LogP contribution in [0.15, 0.2) is 47.8 Å². The molecule has 0 aliphatic rings. The van der Waals surface area contributed by atoms with Crippen molar-refractivity contribution in [3.63, 3.8) is 0 Å². The molecular weight excluding hydrogens is 337 g/mol. The van der Waals surface area contributed by atoms with Crippen molar-refractivity contribution in [1.82, 2.24) is 14.6 Å². The molecule has 1 amide bonds. The van der Waals surface area contributed by atoms with Gasteiger partial charge in [-0.25, -0.2) is 4.39 Å². The van der Waals surface area contributed by atoms with E-state index in [-0.39, 0.29) is 11.4 Å². The zero-order valence-electron chi connectivity index (χ0n) is 12.0. The summed E-state index contributed by atoms with van der Waals surface area (Å²) in [4.78, 5) is 22.2. The number of carbonyl (C=O) groups is 1. The lowest BCUT2D eigenvalue weighted by Crippen LogP contribution is -2.15. The molecule has 1 N–H and O–H groups in total. The Kier molecular flexibility index (Phi) is 4.38. The number of nitro groups is 1. The van der Waals surface area contributed by atoms with Crippen molar-refractivity contribution in [1.29, 1.82) is 0 Å². The standard InChI is InChI=1S/C14H10FN5O3S/c15-9-4-5-10(11(7-9)20(22)23)16-13(21)8-24-14-18-17-12-3-1-2-6-19(12)14/h1-7H,8H2,(H,16,21). The first-order valence-corrected chi connectivity index (χ1v) is 7.69. The van der Waals surface area contributed by atoms with E-state index in [2.05, 4.69) is 15.5 Å². The van der Waals surface area contributed by atoms with Crippen LogP contribution in [0.4, 0.5) is 15.8 Å². The Morgan fingerprint density at radius 3 is 2.96 bits per heavy atom. The highest BCUT2D eigenvalue weighted by Gasteiger charge is 2.17. The lowest BCUT2D eigenvalue weighted by Gasteiger charge is -2.05. The van der Waals surface area contributed by atoms with Gasteiger partial charge in [0, 0.05) is 6.20 Å². The number of halogens is 1. The monoisotopic (exact) mass is 347 g/mol. The number of hydrogen-bond acceptors (Lipinski definition) is 6. The molecule has 0 saturated carbocycles. The number of hydrogen-bond donors (Lipinski definition) is 1. The van der Waals surface area contributed by atoms with Gasteiger partial charge in [0.15, 0.2) is 10.8 Å². The Morgan fingerprint density at radius 2 is 2.17 bits per heavy atom.